The lowest BCUT2D eigenvalue weighted by Gasteiger charge is -2.31. The molecule has 0 aliphatic carbocycles. The highest BCUT2D eigenvalue weighted by molar-refractivity contribution is 5.79. The lowest BCUT2D eigenvalue weighted by atomic mass is 9.96. The number of para-hydroxylation sites is 1. The average molecular weight is 403 g/mol. The highest BCUT2D eigenvalue weighted by Crippen LogP contribution is 2.29. The molecule has 0 unspecified atom stereocenters. The Morgan fingerprint density at radius 2 is 1.83 bits per heavy atom. The fraction of sp³-hybridized carbons (Fsp3) is 0.304. The quantitative estimate of drug-likeness (QED) is 0.681. The van der Waals surface area contributed by atoms with Crippen molar-refractivity contribution in [3.63, 3.8) is 0 Å². The molecule has 1 aromatic carbocycles. The van der Waals surface area contributed by atoms with Crippen LogP contribution < -0.4 is 15.0 Å². The van der Waals surface area contributed by atoms with Crippen molar-refractivity contribution in [1.29, 1.82) is 0 Å². The predicted molar refractivity (Wildman–Crippen MR) is 115 cm³/mol. The molecule has 0 bridgehead atoms. The molecule has 1 saturated heterocycles. The summed E-state index contributed by atoms with van der Waals surface area (Å²) in [4.78, 5) is 18.7. The lowest BCUT2D eigenvalue weighted by Crippen LogP contribution is -2.40. The molecule has 4 rings (SSSR count). The standard InChI is InChI=1S/C23H25N5O2/c1-30-21-5-3-2-4-19(21)20-6-7-22(27-26-20)28-14-10-18(11-15-28)23(29)25-16-17-8-12-24-13-9-17/h2-9,12-13,18H,10-11,14-16H2,1H3,(H,25,29). The van der Waals surface area contributed by atoms with E-state index >= 15 is 0 Å². The normalized spacial score (nSPS) is 14.4. The number of anilines is 1. The minimum atomic E-state index is 0.0314. The van der Waals surface area contributed by atoms with E-state index in [9.17, 15) is 4.79 Å². The second-order valence-corrected chi connectivity index (χ2v) is 7.31. The van der Waals surface area contributed by atoms with Gasteiger partial charge in [-0.15, -0.1) is 10.2 Å². The molecule has 2 aromatic heterocycles. The van der Waals surface area contributed by atoms with Gasteiger partial charge in [-0.1, -0.05) is 12.1 Å². The number of rotatable bonds is 6. The number of pyridine rings is 1. The molecule has 0 saturated carbocycles. The van der Waals surface area contributed by atoms with Gasteiger partial charge < -0.3 is 15.0 Å². The van der Waals surface area contributed by atoms with E-state index in [1.54, 1.807) is 19.5 Å². The fourth-order valence-electron chi connectivity index (χ4n) is 3.70. The number of aromatic nitrogens is 3. The van der Waals surface area contributed by atoms with Gasteiger partial charge in [0.05, 0.1) is 12.8 Å². The van der Waals surface area contributed by atoms with Gasteiger partial charge in [-0.3, -0.25) is 9.78 Å². The Kier molecular flexibility index (Phi) is 6.17. The summed E-state index contributed by atoms with van der Waals surface area (Å²) >= 11 is 0. The summed E-state index contributed by atoms with van der Waals surface area (Å²) in [7, 11) is 1.65. The maximum Gasteiger partial charge on any atom is 0.223 e. The molecule has 1 fully saturated rings. The number of nitrogens with one attached hydrogen (secondary N) is 1. The fourth-order valence-corrected chi connectivity index (χ4v) is 3.70. The van der Waals surface area contributed by atoms with Crippen LogP contribution in [-0.4, -0.2) is 41.3 Å². The highest BCUT2D eigenvalue weighted by Gasteiger charge is 2.25. The van der Waals surface area contributed by atoms with Gasteiger partial charge in [0.25, 0.3) is 0 Å². The van der Waals surface area contributed by atoms with E-state index in [0.29, 0.717) is 6.54 Å². The zero-order valence-corrected chi connectivity index (χ0v) is 17.0. The predicted octanol–water partition coefficient (Wildman–Crippen LogP) is 3.08. The van der Waals surface area contributed by atoms with Gasteiger partial charge >= 0.3 is 0 Å². The summed E-state index contributed by atoms with van der Waals surface area (Å²) in [5, 5.41) is 11.8. The monoisotopic (exact) mass is 403 g/mol. The summed E-state index contributed by atoms with van der Waals surface area (Å²) in [5.74, 6) is 1.76. The van der Waals surface area contributed by atoms with Crippen LogP contribution >= 0.6 is 0 Å². The Bertz CT molecular complexity index is 970. The van der Waals surface area contributed by atoms with Gasteiger partial charge in [0.2, 0.25) is 5.91 Å². The molecule has 1 aliphatic rings. The van der Waals surface area contributed by atoms with Crippen LogP contribution in [0.5, 0.6) is 5.75 Å². The number of carbonyl (C=O) groups is 1. The molecule has 1 N–H and O–H groups in total. The zero-order valence-electron chi connectivity index (χ0n) is 17.0. The van der Waals surface area contributed by atoms with E-state index in [2.05, 4.69) is 25.4 Å². The number of methoxy groups -OCH3 is 1. The molecule has 0 radical (unpaired) electrons. The first-order valence-corrected chi connectivity index (χ1v) is 10.1. The summed E-state index contributed by atoms with van der Waals surface area (Å²) in [6.07, 6.45) is 5.08. The van der Waals surface area contributed by atoms with Crippen molar-refractivity contribution in [2.75, 3.05) is 25.1 Å². The largest absolute Gasteiger partial charge is 0.496 e. The molecule has 3 aromatic rings. The van der Waals surface area contributed by atoms with Crippen LogP contribution in [0.2, 0.25) is 0 Å². The van der Waals surface area contributed by atoms with Gasteiger partial charge in [0.15, 0.2) is 5.82 Å². The summed E-state index contributed by atoms with van der Waals surface area (Å²) < 4.78 is 5.41. The molecule has 7 nitrogen and oxygen atoms in total. The van der Waals surface area contributed by atoms with Crippen LogP contribution in [0, 0.1) is 5.92 Å². The molecule has 1 aliphatic heterocycles. The SMILES string of the molecule is COc1ccccc1-c1ccc(N2CCC(C(=O)NCc3ccncc3)CC2)nn1. The van der Waals surface area contributed by atoms with Crippen LogP contribution in [0.15, 0.2) is 60.9 Å². The van der Waals surface area contributed by atoms with Crippen molar-refractivity contribution in [3.05, 3.63) is 66.5 Å². The first-order chi connectivity index (χ1) is 14.7. The van der Waals surface area contributed by atoms with Crippen molar-refractivity contribution in [1.82, 2.24) is 20.5 Å². The number of piperidine rings is 1. The van der Waals surface area contributed by atoms with Crippen LogP contribution in [0.4, 0.5) is 5.82 Å². The number of carbonyl (C=O) groups excluding carboxylic acids is 1. The van der Waals surface area contributed by atoms with E-state index in [1.807, 2.05) is 48.5 Å². The van der Waals surface area contributed by atoms with Crippen molar-refractivity contribution < 1.29 is 9.53 Å². The highest BCUT2D eigenvalue weighted by atomic mass is 16.5. The van der Waals surface area contributed by atoms with Gasteiger partial charge in [-0.2, -0.15) is 0 Å². The number of nitrogens with zero attached hydrogens (tertiary/aromatic N) is 4. The molecule has 0 spiro atoms. The van der Waals surface area contributed by atoms with Crippen molar-refractivity contribution in [2.45, 2.75) is 19.4 Å². The smallest absolute Gasteiger partial charge is 0.223 e. The summed E-state index contributed by atoms with van der Waals surface area (Å²) in [5.41, 5.74) is 2.76. The molecule has 7 heteroatoms. The van der Waals surface area contributed by atoms with Crippen molar-refractivity contribution in [2.24, 2.45) is 5.92 Å². The first kappa shape index (κ1) is 19.8. The first-order valence-electron chi connectivity index (χ1n) is 10.1. The Hall–Kier alpha value is -3.48. The maximum atomic E-state index is 12.5. The Morgan fingerprint density at radius 3 is 2.53 bits per heavy atom. The third-order valence-corrected chi connectivity index (χ3v) is 5.44. The van der Waals surface area contributed by atoms with Crippen LogP contribution in [-0.2, 0) is 11.3 Å². The number of benzene rings is 1. The van der Waals surface area contributed by atoms with Gasteiger partial charge in [0, 0.05) is 43.5 Å². The minimum Gasteiger partial charge on any atom is -0.496 e. The minimum absolute atomic E-state index is 0.0314. The lowest BCUT2D eigenvalue weighted by molar-refractivity contribution is -0.125. The molecule has 154 valence electrons. The third-order valence-electron chi connectivity index (χ3n) is 5.44. The molecular formula is C23H25N5O2. The van der Waals surface area contributed by atoms with Gasteiger partial charge in [-0.05, 0) is 54.8 Å². The Balaban J connectivity index is 1.32. The molecule has 30 heavy (non-hydrogen) atoms. The number of hydrogen-bond acceptors (Lipinski definition) is 6. The van der Waals surface area contributed by atoms with Gasteiger partial charge in [-0.25, -0.2) is 0 Å². The maximum absolute atomic E-state index is 12.5. The molecular weight excluding hydrogens is 378 g/mol. The van der Waals surface area contributed by atoms with Crippen molar-refractivity contribution in [3.8, 4) is 17.0 Å². The summed E-state index contributed by atoms with van der Waals surface area (Å²) in [6, 6.07) is 15.5. The molecule has 0 atom stereocenters. The topological polar surface area (TPSA) is 80.2 Å². The third kappa shape index (κ3) is 4.56. The van der Waals surface area contributed by atoms with E-state index in [1.165, 1.54) is 0 Å². The van der Waals surface area contributed by atoms with Crippen molar-refractivity contribution >= 4 is 11.7 Å². The van der Waals surface area contributed by atoms with Crippen LogP contribution in [0.1, 0.15) is 18.4 Å². The molecule has 3 heterocycles. The van der Waals surface area contributed by atoms with E-state index in [0.717, 1.165) is 54.3 Å². The van der Waals surface area contributed by atoms with E-state index < -0.39 is 0 Å². The van der Waals surface area contributed by atoms with Gasteiger partial charge in [0.1, 0.15) is 5.75 Å². The number of amides is 1. The Labute approximate surface area is 176 Å². The average Bonchev–Trinajstić information content (AvgIpc) is 2.83. The van der Waals surface area contributed by atoms with E-state index in [-0.39, 0.29) is 11.8 Å². The molecule has 1 amide bonds. The van der Waals surface area contributed by atoms with Crippen LogP contribution in [0.25, 0.3) is 11.3 Å². The number of hydrogen-bond donors (Lipinski definition) is 1. The van der Waals surface area contributed by atoms with E-state index in [4.69, 9.17) is 4.74 Å². The van der Waals surface area contributed by atoms with Crippen LogP contribution in [0.3, 0.4) is 0 Å². The Morgan fingerprint density at radius 1 is 1.07 bits per heavy atom. The summed E-state index contributed by atoms with van der Waals surface area (Å²) in [6.45, 7) is 2.11. The number of ether oxygens (including phenoxy) is 1. The second kappa shape index (κ2) is 9.35. The zero-order chi connectivity index (χ0) is 20.8. The second-order valence-electron chi connectivity index (χ2n) is 7.31.